The van der Waals surface area contributed by atoms with Crippen LogP contribution in [0.4, 0.5) is 5.69 Å². The molecule has 1 aromatic carbocycles. The number of tetrazole rings is 1. The summed E-state index contributed by atoms with van der Waals surface area (Å²) >= 11 is 1.54. The molecule has 0 atom stereocenters. The van der Waals surface area contributed by atoms with Crippen LogP contribution in [-0.2, 0) is 21.9 Å². The maximum atomic E-state index is 11.8. The number of rotatable bonds is 8. The predicted octanol–water partition coefficient (Wildman–Crippen LogP) is 1.02. The number of carboxylic acids is 1. The molecule has 22 heavy (non-hydrogen) atoms. The number of nitrogens with one attached hydrogen (secondary N) is 1. The van der Waals surface area contributed by atoms with Crippen molar-refractivity contribution in [3.8, 4) is 0 Å². The molecule has 0 aliphatic carbocycles. The highest BCUT2D eigenvalue weighted by Crippen LogP contribution is 2.17. The van der Waals surface area contributed by atoms with Crippen LogP contribution in [0, 0.1) is 0 Å². The number of benzene rings is 1. The quantitative estimate of drug-likeness (QED) is 0.698. The van der Waals surface area contributed by atoms with Crippen molar-refractivity contribution in [1.82, 2.24) is 20.2 Å². The fourth-order valence-corrected chi connectivity index (χ4v) is 2.57. The zero-order valence-electron chi connectivity index (χ0n) is 11.7. The maximum Gasteiger partial charge on any atom is 0.304 e. The Bertz CT molecular complexity index is 632. The molecular weight excluding hydrogens is 306 g/mol. The first-order valence-electron chi connectivity index (χ1n) is 6.52. The van der Waals surface area contributed by atoms with Crippen molar-refractivity contribution in [3.05, 3.63) is 36.2 Å². The average Bonchev–Trinajstić information content (AvgIpc) is 2.96. The van der Waals surface area contributed by atoms with Crippen LogP contribution < -0.4 is 5.32 Å². The van der Waals surface area contributed by atoms with E-state index in [9.17, 15) is 9.59 Å². The van der Waals surface area contributed by atoms with Gasteiger partial charge in [-0.2, -0.15) is 11.8 Å². The van der Waals surface area contributed by atoms with Gasteiger partial charge in [-0.25, -0.2) is 4.68 Å². The van der Waals surface area contributed by atoms with Gasteiger partial charge in [0.25, 0.3) is 0 Å². The van der Waals surface area contributed by atoms with Gasteiger partial charge in [0, 0.05) is 17.2 Å². The van der Waals surface area contributed by atoms with Crippen LogP contribution in [0.1, 0.15) is 12.0 Å². The van der Waals surface area contributed by atoms with E-state index in [0.717, 1.165) is 5.56 Å². The summed E-state index contributed by atoms with van der Waals surface area (Å²) in [5.74, 6) is 0.244. The second kappa shape index (κ2) is 8.13. The molecule has 1 heterocycles. The number of thioether (sulfide) groups is 1. The summed E-state index contributed by atoms with van der Waals surface area (Å²) in [6, 6.07) is 7.44. The minimum atomic E-state index is -0.795. The van der Waals surface area contributed by atoms with Crippen molar-refractivity contribution < 1.29 is 14.7 Å². The molecular formula is C13H15N5O3S. The summed E-state index contributed by atoms with van der Waals surface area (Å²) in [6.07, 6.45) is 1.52. The van der Waals surface area contributed by atoms with Crippen molar-refractivity contribution in [2.24, 2.45) is 0 Å². The molecule has 2 rings (SSSR count). The second-order valence-corrected chi connectivity index (χ2v) is 5.56. The Kier molecular flexibility index (Phi) is 5.90. The van der Waals surface area contributed by atoms with Gasteiger partial charge >= 0.3 is 5.97 Å². The number of hydrogen-bond donors (Lipinski definition) is 2. The van der Waals surface area contributed by atoms with Crippen molar-refractivity contribution in [2.45, 2.75) is 18.7 Å². The summed E-state index contributed by atoms with van der Waals surface area (Å²) in [5, 5.41) is 21.9. The second-order valence-electron chi connectivity index (χ2n) is 4.45. The molecule has 1 aromatic heterocycles. The molecule has 0 unspecified atom stereocenters. The van der Waals surface area contributed by atoms with Crippen LogP contribution in [0.3, 0.4) is 0 Å². The van der Waals surface area contributed by atoms with E-state index < -0.39 is 5.97 Å². The number of aliphatic carboxylic acids is 1. The van der Waals surface area contributed by atoms with Gasteiger partial charge in [-0.3, -0.25) is 9.59 Å². The van der Waals surface area contributed by atoms with Crippen molar-refractivity contribution in [3.63, 3.8) is 0 Å². The van der Waals surface area contributed by atoms with Crippen LogP contribution in [0.25, 0.3) is 0 Å². The number of carbonyl (C=O) groups excluding carboxylic acids is 1. The Morgan fingerprint density at radius 3 is 2.95 bits per heavy atom. The van der Waals surface area contributed by atoms with Crippen LogP contribution in [0.5, 0.6) is 0 Å². The van der Waals surface area contributed by atoms with Crippen LogP contribution >= 0.6 is 11.8 Å². The molecule has 2 N–H and O–H groups in total. The Balaban J connectivity index is 1.82. The molecule has 0 saturated carbocycles. The lowest BCUT2D eigenvalue weighted by Crippen LogP contribution is -2.19. The Morgan fingerprint density at radius 1 is 1.36 bits per heavy atom. The van der Waals surface area contributed by atoms with E-state index in [-0.39, 0.29) is 18.9 Å². The molecule has 0 radical (unpaired) electrons. The van der Waals surface area contributed by atoms with Gasteiger partial charge in [-0.05, 0) is 28.1 Å². The molecule has 8 nitrogen and oxygen atoms in total. The SMILES string of the molecule is O=C(O)CCSCc1cccc(NC(=O)Cn2cnnn2)c1. The Morgan fingerprint density at radius 2 is 2.23 bits per heavy atom. The number of carboxylic acid groups (broad SMARTS) is 1. The normalized spacial score (nSPS) is 10.4. The van der Waals surface area contributed by atoms with Gasteiger partial charge in [0.05, 0.1) is 6.42 Å². The molecule has 2 aromatic rings. The Hall–Kier alpha value is -2.42. The van der Waals surface area contributed by atoms with Gasteiger partial charge in [-0.15, -0.1) is 5.10 Å². The maximum absolute atomic E-state index is 11.8. The highest BCUT2D eigenvalue weighted by atomic mass is 32.2. The number of anilines is 1. The molecule has 0 aliphatic heterocycles. The van der Waals surface area contributed by atoms with E-state index in [1.54, 1.807) is 17.8 Å². The van der Waals surface area contributed by atoms with Crippen LogP contribution in [0.15, 0.2) is 30.6 Å². The molecule has 0 saturated heterocycles. The number of carbonyl (C=O) groups is 2. The topological polar surface area (TPSA) is 110 Å². The first-order chi connectivity index (χ1) is 10.6. The standard InChI is InChI=1S/C13H15N5O3S/c19-12(7-18-9-14-16-17-18)15-11-3-1-2-10(6-11)8-22-5-4-13(20)21/h1-3,6,9H,4-5,7-8H2,(H,15,19)(H,20,21). The number of amides is 1. The largest absolute Gasteiger partial charge is 0.481 e. The van der Waals surface area contributed by atoms with Gasteiger partial charge in [0.15, 0.2) is 0 Å². The summed E-state index contributed by atoms with van der Waals surface area (Å²) < 4.78 is 1.33. The molecule has 1 amide bonds. The zero-order chi connectivity index (χ0) is 15.8. The molecule has 0 bridgehead atoms. The van der Waals surface area contributed by atoms with Crippen molar-refractivity contribution >= 4 is 29.3 Å². The fraction of sp³-hybridized carbons (Fsp3) is 0.308. The zero-order valence-corrected chi connectivity index (χ0v) is 12.5. The summed E-state index contributed by atoms with van der Waals surface area (Å²) in [5.41, 5.74) is 1.71. The van der Waals surface area contributed by atoms with Crippen molar-refractivity contribution in [2.75, 3.05) is 11.1 Å². The number of aromatic nitrogens is 4. The van der Waals surface area contributed by atoms with E-state index in [0.29, 0.717) is 17.2 Å². The molecule has 9 heteroatoms. The fourth-order valence-electron chi connectivity index (χ4n) is 1.69. The van der Waals surface area contributed by atoms with Crippen LogP contribution in [-0.4, -0.2) is 42.9 Å². The predicted molar refractivity (Wildman–Crippen MR) is 81.3 cm³/mol. The highest BCUT2D eigenvalue weighted by molar-refractivity contribution is 7.98. The van der Waals surface area contributed by atoms with Crippen LogP contribution in [0.2, 0.25) is 0 Å². The van der Waals surface area contributed by atoms with Crippen molar-refractivity contribution in [1.29, 1.82) is 0 Å². The van der Waals surface area contributed by atoms with E-state index in [2.05, 4.69) is 20.8 Å². The third-order valence-corrected chi connectivity index (χ3v) is 3.67. The lowest BCUT2D eigenvalue weighted by molar-refractivity contribution is -0.136. The summed E-state index contributed by atoms with van der Waals surface area (Å²) in [6.45, 7) is 0.0462. The van der Waals surface area contributed by atoms with E-state index >= 15 is 0 Å². The minimum Gasteiger partial charge on any atom is -0.481 e. The lowest BCUT2D eigenvalue weighted by atomic mass is 10.2. The van der Waals surface area contributed by atoms with E-state index in [1.165, 1.54) is 11.0 Å². The first kappa shape index (κ1) is 16.0. The van der Waals surface area contributed by atoms with E-state index in [1.807, 2.05) is 18.2 Å². The van der Waals surface area contributed by atoms with Gasteiger partial charge in [-0.1, -0.05) is 12.1 Å². The van der Waals surface area contributed by atoms with Gasteiger partial charge in [0.2, 0.25) is 5.91 Å². The third kappa shape index (κ3) is 5.52. The monoisotopic (exact) mass is 321 g/mol. The third-order valence-electron chi connectivity index (χ3n) is 2.64. The number of hydrogen-bond acceptors (Lipinski definition) is 6. The Labute approximate surface area is 130 Å². The molecule has 116 valence electrons. The molecule has 0 aliphatic rings. The average molecular weight is 321 g/mol. The lowest BCUT2D eigenvalue weighted by Gasteiger charge is -2.07. The van der Waals surface area contributed by atoms with Gasteiger partial charge in [0.1, 0.15) is 12.9 Å². The molecule has 0 fully saturated rings. The number of nitrogens with zero attached hydrogens (tertiary/aromatic N) is 4. The molecule has 0 spiro atoms. The summed E-state index contributed by atoms with van der Waals surface area (Å²) in [7, 11) is 0. The first-order valence-corrected chi connectivity index (χ1v) is 7.68. The minimum absolute atomic E-state index is 0.0462. The van der Waals surface area contributed by atoms with Gasteiger partial charge < -0.3 is 10.4 Å². The highest BCUT2D eigenvalue weighted by Gasteiger charge is 2.05. The smallest absolute Gasteiger partial charge is 0.304 e. The summed E-state index contributed by atoms with van der Waals surface area (Å²) in [4.78, 5) is 22.3. The van der Waals surface area contributed by atoms with E-state index in [4.69, 9.17) is 5.11 Å².